The number of ether oxygens (including phenoxy) is 2. The zero-order valence-corrected chi connectivity index (χ0v) is 18.3. The van der Waals surface area contributed by atoms with Crippen LogP contribution < -0.4 is 10.6 Å². The van der Waals surface area contributed by atoms with Gasteiger partial charge in [0.05, 0.1) is 5.75 Å². The minimum atomic E-state index is -3.08. The van der Waals surface area contributed by atoms with Gasteiger partial charge >= 0.3 is 0 Å². The molecule has 2 heterocycles. The average Bonchev–Trinajstić information content (AvgIpc) is 2.72. The van der Waals surface area contributed by atoms with Gasteiger partial charge in [0.2, 0.25) is 10.0 Å². The van der Waals surface area contributed by atoms with Gasteiger partial charge in [-0.2, -0.15) is 0 Å². The molecule has 0 aromatic heterocycles. The third kappa shape index (κ3) is 8.23. The Kier molecular flexibility index (Phi) is 10.5. The van der Waals surface area contributed by atoms with E-state index in [-0.39, 0.29) is 11.8 Å². The maximum atomic E-state index is 12.0. The van der Waals surface area contributed by atoms with Crippen molar-refractivity contribution < 1.29 is 17.9 Å². The Morgan fingerprint density at radius 2 is 1.89 bits per heavy atom. The Labute approximate surface area is 170 Å². The number of hydrogen-bond acceptors (Lipinski definition) is 5. The van der Waals surface area contributed by atoms with Crippen LogP contribution in [0.2, 0.25) is 0 Å². The smallest absolute Gasteiger partial charge is 0.213 e. The average molecular weight is 419 g/mol. The summed E-state index contributed by atoms with van der Waals surface area (Å²) in [6.45, 7) is 9.69. The van der Waals surface area contributed by atoms with Gasteiger partial charge < -0.3 is 20.1 Å². The van der Waals surface area contributed by atoms with E-state index in [0.717, 1.165) is 71.0 Å². The second kappa shape index (κ2) is 12.6. The van der Waals surface area contributed by atoms with Crippen LogP contribution in [0.1, 0.15) is 46.0 Å². The monoisotopic (exact) mass is 418 g/mol. The molecule has 2 aliphatic rings. The van der Waals surface area contributed by atoms with Crippen LogP contribution >= 0.6 is 0 Å². The van der Waals surface area contributed by atoms with E-state index in [0.29, 0.717) is 25.6 Å². The van der Waals surface area contributed by atoms with E-state index in [4.69, 9.17) is 9.47 Å². The summed E-state index contributed by atoms with van der Waals surface area (Å²) < 4.78 is 36.7. The van der Waals surface area contributed by atoms with Crippen molar-refractivity contribution in [3.63, 3.8) is 0 Å². The summed E-state index contributed by atoms with van der Waals surface area (Å²) in [5, 5.41) is 6.73. The van der Waals surface area contributed by atoms with Gasteiger partial charge in [0, 0.05) is 58.6 Å². The van der Waals surface area contributed by atoms with Crippen molar-refractivity contribution in [3.8, 4) is 0 Å². The molecule has 0 aromatic rings. The first kappa shape index (κ1) is 23.4. The number of guanidine groups is 1. The van der Waals surface area contributed by atoms with Gasteiger partial charge in [0.15, 0.2) is 5.96 Å². The molecule has 164 valence electrons. The molecule has 9 heteroatoms. The molecule has 0 saturated carbocycles. The summed E-state index contributed by atoms with van der Waals surface area (Å²) >= 11 is 0. The van der Waals surface area contributed by atoms with Crippen LogP contribution in [0.3, 0.4) is 0 Å². The van der Waals surface area contributed by atoms with Crippen molar-refractivity contribution in [2.24, 2.45) is 10.9 Å². The SMILES string of the molecule is CCNC(=NCCCOCC1CCOCC1)NC1CCN(S(=O)(=O)CC)CC1. The molecule has 8 nitrogen and oxygen atoms in total. The van der Waals surface area contributed by atoms with Crippen LogP contribution in [0, 0.1) is 5.92 Å². The summed E-state index contributed by atoms with van der Waals surface area (Å²) in [5.74, 6) is 1.62. The highest BCUT2D eigenvalue weighted by atomic mass is 32.2. The highest BCUT2D eigenvalue weighted by Gasteiger charge is 2.26. The van der Waals surface area contributed by atoms with Gasteiger partial charge in [0.25, 0.3) is 0 Å². The van der Waals surface area contributed by atoms with Crippen LogP contribution in [0.5, 0.6) is 0 Å². The highest BCUT2D eigenvalue weighted by molar-refractivity contribution is 7.89. The third-order valence-corrected chi connectivity index (χ3v) is 7.19. The fourth-order valence-corrected chi connectivity index (χ4v) is 4.63. The van der Waals surface area contributed by atoms with Crippen LogP contribution in [-0.4, -0.2) is 83.1 Å². The van der Waals surface area contributed by atoms with Gasteiger partial charge in [-0.3, -0.25) is 4.99 Å². The maximum absolute atomic E-state index is 12.0. The van der Waals surface area contributed by atoms with E-state index < -0.39 is 10.0 Å². The molecule has 0 radical (unpaired) electrons. The Morgan fingerprint density at radius 1 is 1.18 bits per heavy atom. The fraction of sp³-hybridized carbons (Fsp3) is 0.947. The fourth-order valence-electron chi connectivity index (χ4n) is 3.49. The zero-order valence-electron chi connectivity index (χ0n) is 17.5. The predicted molar refractivity (Wildman–Crippen MR) is 112 cm³/mol. The lowest BCUT2D eigenvalue weighted by Crippen LogP contribution is -2.50. The van der Waals surface area contributed by atoms with Crippen molar-refractivity contribution in [3.05, 3.63) is 0 Å². The molecular formula is C19H38N4O4S. The summed E-state index contributed by atoms with van der Waals surface area (Å²) in [5.41, 5.74) is 0. The molecule has 2 rings (SSSR count). The van der Waals surface area contributed by atoms with E-state index in [1.54, 1.807) is 11.2 Å². The molecule has 0 aliphatic carbocycles. The number of hydrogen-bond donors (Lipinski definition) is 2. The molecule has 2 aliphatic heterocycles. The van der Waals surface area contributed by atoms with E-state index in [1.807, 2.05) is 6.92 Å². The molecule has 0 amide bonds. The lowest BCUT2D eigenvalue weighted by molar-refractivity contribution is 0.0205. The maximum Gasteiger partial charge on any atom is 0.213 e. The lowest BCUT2D eigenvalue weighted by Gasteiger charge is -2.32. The normalized spacial score (nSPS) is 21.0. The van der Waals surface area contributed by atoms with Gasteiger partial charge in [-0.25, -0.2) is 12.7 Å². The third-order valence-electron chi connectivity index (χ3n) is 5.31. The summed E-state index contributed by atoms with van der Waals surface area (Å²) in [6, 6.07) is 0.255. The molecule has 0 spiro atoms. The van der Waals surface area contributed by atoms with Gasteiger partial charge in [-0.15, -0.1) is 0 Å². The Hall–Kier alpha value is -0.900. The van der Waals surface area contributed by atoms with E-state index in [2.05, 4.69) is 15.6 Å². The minimum Gasteiger partial charge on any atom is -0.381 e. The Balaban J connectivity index is 1.65. The van der Waals surface area contributed by atoms with Crippen molar-refractivity contribution in [1.29, 1.82) is 0 Å². The van der Waals surface area contributed by atoms with E-state index >= 15 is 0 Å². The molecule has 0 aromatic carbocycles. The first-order chi connectivity index (χ1) is 13.5. The van der Waals surface area contributed by atoms with Crippen molar-refractivity contribution >= 4 is 16.0 Å². The predicted octanol–water partition coefficient (Wildman–Crippen LogP) is 1.19. The van der Waals surface area contributed by atoms with Crippen LogP contribution in [0.15, 0.2) is 4.99 Å². The van der Waals surface area contributed by atoms with Gasteiger partial charge in [0.1, 0.15) is 0 Å². The minimum absolute atomic E-state index is 0.172. The summed E-state index contributed by atoms with van der Waals surface area (Å²) in [6.07, 6.45) is 4.71. The topological polar surface area (TPSA) is 92.3 Å². The summed E-state index contributed by atoms with van der Waals surface area (Å²) in [7, 11) is -3.08. The molecular weight excluding hydrogens is 380 g/mol. The Bertz CT molecular complexity index is 556. The number of piperidine rings is 1. The van der Waals surface area contributed by atoms with Gasteiger partial charge in [-0.1, -0.05) is 0 Å². The van der Waals surface area contributed by atoms with Crippen molar-refractivity contribution in [2.45, 2.75) is 52.0 Å². The van der Waals surface area contributed by atoms with Crippen LogP contribution in [0.4, 0.5) is 0 Å². The molecule has 0 unspecified atom stereocenters. The van der Waals surface area contributed by atoms with E-state index in [9.17, 15) is 8.42 Å². The molecule has 2 saturated heterocycles. The lowest BCUT2D eigenvalue weighted by atomic mass is 10.0. The number of rotatable bonds is 10. The standard InChI is InChI=1S/C19H38N4O4S/c1-3-20-19(21-10-5-13-27-16-17-8-14-26-15-9-17)22-18-6-11-23(12-7-18)28(24,25)4-2/h17-18H,3-16H2,1-2H3,(H2,20,21,22). The summed E-state index contributed by atoms with van der Waals surface area (Å²) in [4.78, 5) is 4.64. The quantitative estimate of drug-likeness (QED) is 0.315. The first-order valence-electron chi connectivity index (χ1n) is 10.7. The largest absolute Gasteiger partial charge is 0.381 e. The second-order valence-electron chi connectivity index (χ2n) is 7.46. The van der Waals surface area contributed by atoms with E-state index in [1.165, 1.54) is 0 Å². The molecule has 28 heavy (non-hydrogen) atoms. The first-order valence-corrected chi connectivity index (χ1v) is 12.3. The molecule has 2 N–H and O–H groups in total. The molecule has 0 bridgehead atoms. The van der Waals surface area contributed by atoms with Gasteiger partial charge in [-0.05, 0) is 51.9 Å². The Morgan fingerprint density at radius 3 is 2.54 bits per heavy atom. The van der Waals surface area contributed by atoms with Crippen molar-refractivity contribution in [1.82, 2.24) is 14.9 Å². The van der Waals surface area contributed by atoms with Crippen LogP contribution in [0.25, 0.3) is 0 Å². The van der Waals surface area contributed by atoms with Crippen LogP contribution in [-0.2, 0) is 19.5 Å². The van der Waals surface area contributed by atoms with Crippen molar-refractivity contribution in [2.75, 3.05) is 58.4 Å². The zero-order chi connectivity index (χ0) is 20.2. The number of aliphatic imine (C=N–C) groups is 1. The molecule has 2 fully saturated rings. The highest BCUT2D eigenvalue weighted by Crippen LogP contribution is 2.15. The second-order valence-corrected chi connectivity index (χ2v) is 9.72. The number of nitrogens with zero attached hydrogens (tertiary/aromatic N) is 2. The molecule has 0 atom stereocenters. The number of nitrogens with one attached hydrogen (secondary N) is 2. The number of sulfonamides is 1.